The average Bonchev–Trinajstić information content (AvgIpc) is 3.20. The Hall–Kier alpha value is -2.64. The zero-order chi connectivity index (χ0) is 17.8. The molecule has 7 heteroatoms. The van der Waals surface area contributed by atoms with Gasteiger partial charge in [-0.2, -0.15) is 0 Å². The molecule has 0 bridgehead atoms. The highest BCUT2D eigenvalue weighted by atomic mass is 32.2. The van der Waals surface area contributed by atoms with E-state index in [0.717, 1.165) is 16.7 Å². The van der Waals surface area contributed by atoms with Crippen LogP contribution in [0.15, 0.2) is 70.2 Å². The van der Waals surface area contributed by atoms with Gasteiger partial charge in [-0.15, -0.1) is 0 Å². The van der Waals surface area contributed by atoms with Crippen molar-refractivity contribution < 1.29 is 19.1 Å². The van der Waals surface area contributed by atoms with Gasteiger partial charge in [0.1, 0.15) is 10.1 Å². The molecule has 1 saturated heterocycles. The molecular weight excluding hydrogens is 358 g/mol. The van der Waals surface area contributed by atoms with E-state index in [4.69, 9.17) is 16.6 Å². The molecule has 0 spiro atoms. The maximum Gasteiger partial charge on any atom is 0.331 e. The largest absolute Gasteiger partial charge is 0.479 e. The fraction of sp³-hybridized carbons (Fsp3) is 0.0556. The maximum absolute atomic E-state index is 12.7. The first-order valence-corrected chi connectivity index (χ1v) is 8.55. The van der Waals surface area contributed by atoms with E-state index in [2.05, 4.69) is 0 Å². The SMILES string of the molecule is O=C(O)C(c1ccccc1)N1C(=O)/C(=C/C=C/c2ccco2)SC1=S. The Balaban J connectivity index is 1.86. The number of hydrogen-bond donors (Lipinski definition) is 1. The maximum atomic E-state index is 12.7. The summed E-state index contributed by atoms with van der Waals surface area (Å²) >= 11 is 6.32. The second kappa shape index (κ2) is 7.50. The van der Waals surface area contributed by atoms with Crippen LogP contribution in [0.2, 0.25) is 0 Å². The fourth-order valence-corrected chi connectivity index (χ4v) is 3.64. The van der Waals surface area contributed by atoms with Crippen LogP contribution in [0, 0.1) is 0 Å². The molecule has 1 amide bonds. The van der Waals surface area contributed by atoms with Crippen LogP contribution in [-0.4, -0.2) is 26.2 Å². The van der Waals surface area contributed by atoms with Crippen molar-refractivity contribution in [2.45, 2.75) is 6.04 Å². The number of thioether (sulfide) groups is 1. The summed E-state index contributed by atoms with van der Waals surface area (Å²) in [6.07, 6.45) is 6.53. The van der Waals surface area contributed by atoms with Crippen LogP contribution in [0.25, 0.3) is 6.08 Å². The molecule has 1 aliphatic rings. The van der Waals surface area contributed by atoms with Crippen molar-refractivity contribution in [3.63, 3.8) is 0 Å². The van der Waals surface area contributed by atoms with Crippen molar-refractivity contribution in [3.8, 4) is 0 Å². The standard InChI is InChI=1S/C18H13NO4S2/c20-16-14(10-4-8-13-9-5-11-23-13)25-18(24)19(16)15(17(21)22)12-6-2-1-3-7-12/h1-11,15H,(H,21,22)/b8-4+,14-10-. The summed E-state index contributed by atoms with van der Waals surface area (Å²) in [6.45, 7) is 0. The number of thiocarbonyl (C=S) groups is 1. The van der Waals surface area contributed by atoms with Gasteiger partial charge >= 0.3 is 5.97 Å². The number of carboxylic acids is 1. The van der Waals surface area contributed by atoms with Gasteiger partial charge in [0.05, 0.1) is 11.2 Å². The number of carbonyl (C=O) groups is 2. The van der Waals surface area contributed by atoms with E-state index in [1.54, 1.807) is 67.0 Å². The van der Waals surface area contributed by atoms with Crippen molar-refractivity contribution in [1.82, 2.24) is 4.90 Å². The molecule has 2 heterocycles. The molecule has 0 radical (unpaired) electrons. The Labute approximate surface area is 153 Å². The van der Waals surface area contributed by atoms with Gasteiger partial charge < -0.3 is 9.52 Å². The number of furan rings is 1. The number of carbonyl (C=O) groups excluding carboxylic acids is 1. The van der Waals surface area contributed by atoms with E-state index < -0.39 is 17.9 Å². The zero-order valence-electron chi connectivity index (χ0n) is 12.9. The Morgan fingerprint density at radius 1 is 1.24 bits per heavy atom. The van der Waals surface area contributed by atoms with Crippen LogP contribution >= 0.6 is 24.0 Å². The Bertz CT molecular complexity index is 856. The summed E-state index contributed by atoms with van der Waals surface area (Å²) in [7, 11) is 0. The van der Waals surface area contributed by atoms with Crippen LogP contribution in [0.3, 0.4) is 0 Å². The lowest BCUT2D eigenvalue weighted by Gasteiger charge is -2.23. The van der Waals surface area contributed by atoms with E-state index in [-0.39, 0.29) is 4.32 Å². The number of amides is 1. The second-order valence-corrected chi connectivity index (χ2v) is 6.78. The van der Waals surface area contributed by atoms with Crippen LogP contribution in [0.4, 0.5) is 0 Å². The molecule has 5 nitrogen and oxygen atoms in total. The number of allylic oxidation sites excluding steroid dienone is 2. The van der Waals surface area contributed by atoms with Crippen LogP contribution in [0.5, 0.6) is 0 Å². The molecule has 1 unspecified atom stereocenters. The third kappa shape index (κ3) is 3.72. The summed E-state index contributed by atoms with van der Waals surface area (Å²) in [5, 5.41) is 9.60. The molecule has 25 heavy (non-hydrogen) atoms. The quantitative estimate of drug-likeness (QED) is 0.636. The number of rotatable bonds is 5. The Morgan fingerprint density at radius 2 is 2.00 bits per heavy atom. The molecule has 1 fully saturated rings. The fourth-order valence-electron chi connectivity index (χ4n) is 2.37. The molecule has 1 aromatic heterocycles. The molecule has 2 aromatic rings. The molecule has 1 N–H and O–H groups in total. The third-order valence-corrected chi connectivity index (χ3v) is 4.83. The number of aliphatic carboxylic acids is 1. The summed E-state index contributed by atoms with van der Waals surface area (Å²) in [4.78, 5) is 25.9. The number of hydrogen-bond acceptors (Lipinski definition) is 5. The minimum Gasteiger partial charge on any atom is -0.479 e. The van der Waals surface area contributed by atoms with Gasteiger partial charge in [0.2, 0.25) is 0 Å². The second-order valence-electron chi connectivity index (χ2n) is 5.10. The predicted molar refractivity (Wildman–Crippen MR) is 99.7 cm³/mol. The van der Waals surface area contributed by atoms with Gasteiger partial charge in [0.25, 0.3) is 5.91 Å². The first-order chi connectivity index (χ1) is 12.1. The Morgan fingerprint density at radius 3 is 2.64 bits per heavy atom. The minimum absolute atomic E-state index is 0.221. The highest BCUT2D eigenvalue weighted by molar-refractivity contribution is 8.26. The summed E-state index contributed by atoms with van der Waals surface area (Å²) in [5.74, 6) is -0.898. The number of carboxylic acid groups (broad SMARTS) is 1. The smallest absolute Gasteiger partial charge is 0.331 e. The van der Waals surface area contributed by atoms with Gasteiger partial charge in [-0.3, -0.25) is 9.69 Å². The number of nitrogens with zero attached hydrogens (tertiary/aromatic N) is 1. The van der Waals surface area contributed by atoms with Crippen LogP contribution in [-0.2, 0) is 9.59 Å². The van der Waals surface area contributed by atoms with E-state index in [0.29, 0.717) is 16.2 Å². The monoisotopic (exact) mass is 371 g/mol. The zero-order valence-corrected chi connectivity index (χ0v) is 14.5. The Kier molecular flexibility index (Phi) is 5.16. The molecule has 0 saturated carbocycles. The van der Waals surface area contributed by atoms with Crippen LogP contribution < -0.4 is 0 Å². The van der Waals surface area contributed by atoms with Gasteiger partial charge in [0, 0.05) is 0 Å². The van der Waals surface area contributed by atoms with Gasteiger partial charge in [-0.05, 0) is 29.8 Å². The van der Waals surface area contributed by atoms with Crippen molar-refractivity contribution in [2.24, 2.45) is 0 Å². The minimum atomic E-state index is -1.14. The first-order valence-electron chi connectivity index (χ1n) is 7.33. The molecule has 3 rings (SSSR count). The van der Waals surface area contributed by atoms with Crippen LogP contribution in [0.1, 0.15) is 17.4 Å². The molecule has 1 aromatic carbocycles. The lowest BCUT2D eigenvalue weighted by molar-refractivity contribution is -0.145. The van der Waals surface area contributed by atoms with Gasteiger partial charge in [-0.25, -0.2) is 4.79 Å². The van der Waals surface area contributed by atoms with Crippen molar-refractivity contribution in [1.29, 1.82) is 0 Å². The highest BCUT2D eigenvalue weighted by Crippen LogP contribution is 2.37. The molecular formula is C18H13NO4S2. The lowest BCUT2D eigenvalue weighted by atomic mass is 10.1. The topological polar surface area (TPSA) is 70.8 Å². The normalized spacial score (nSPS) is 17.6. The third-order valence-electron chi connectivity index (χ3n) is 3.48. The van der Waals surface area contributed by atoms with E-state index in [9.17, 15) is 14.7 Å². The molecule has 1 atom stereocenters. The van der Waals surface area contributed by atoms with Gasteiger partial charge in [-0.1, -0.05) is 60.4 Å². The summed E-state index contributed by atoms with van der Waals surface area (Å²) in [6, 6.07) is 11.0. The summed E-state index contributed by atoms with van der Waals surface area (Å²) in [5.41, 5.74) is 0.499. The molecule has 0 aliphatic carbocycles. The van der Waals surface area contributed by atoms with E-state index >= 15 is 0 Å². The average molecular weight is 371 g/mol. The number of benzene rings is 1. The summed E-state index contributed by atoms with van der Waals surface area (Å²) < 4.78 is 5.39. The first kappa shape index (κ1) is 17.2. The van der Waals surface area contributed by atoms with Crippen molar-refractivity contribution in [3.05, 3.63) is 77.1 Å². The molecule has 126 valence electrons. The van der Waals surface area contributed by atoms with E-state index in [1.165, 1.54) is 0 Å². The predicted octanol–water partition coefficient (Wildman–Crippen LogP) is 3.86. The highest BCUT2D eigenvalue weighted by Gasteiger charge is 2.41. The van der Waals surface area contributed by atoms with Gasteiger partial charge in [0.15, 0.2) is 6.04 Å². The van der Waals surface area contributed by atoms with Crippen molar-refractivity contribution in [2.75, 3.05) is 0 Å². The van der Waals surface area contributed by atoms with Crippen molar-refractivity contribution >= 4 is 46.3 Å². The van der Waals surface area contributed by atoms with E-state index in [1.807, 2.05) is 0 Å². The molecule has 1 aliphatic heterocycles. The lowest BCUT2D eigenvalue weighted by Crippen LogP contribution is -2.37.